The molecule has 0 fully saturated rings. The van der Waals surface area contributed by atoms with Crippen LogP contribution in [0.4, 0.5) is 15.9 Å². The summed E-state index contributed by atoms with van der Waals surface area (Å²) < 4.78 is 13.4. The predicted molar refractivity (Wildman–Crippen MR) is 103 cm³/mol. The second-order valence-electron chi connectivity index (χ2n) is 5.51. The van der Waals surface area contributed by atoms with E-state index in [4.69, 9.17) is 11.6 Å². The molecule has 1 aromatic heterocycles. The van der Waals surface area contributed by atoms with Gasteiger partial charge in [0, 0.05) is 11.3 Å². The van der Waals surface area contributed by atoms with E-state index >= 15 is 0 Å². The van der Waals surface area contributed by atoms with Gasteiger partial charge in [0.1, 0.15) is 17.4 Å². The number of anilines is 2. The van der Waals surface area contributed by atoms with Gasteiger partial charge >= 0.3 is 0 Å². The van der Waals surface area contributed by atoms with E-state index in [1.165, 1.54) is 30.0 Å². The molecule has 3 rings (SSSR count). The van der Waals surface area contributed by atoms with Gasteiger partial charge < -0.3 is 5.32 Å². The van der Waals surface area contributed by atoms with Crippen LogP contribution in [0.15, 0.2) is 47.6 Å². The Morgan fingerprint density at radius 1 is 1.15 bits per heavy atom. The van der Waals surface area contributed by atoms with Gasteiger partial charge in [-0.15, -0.1) is 0 Å². The van der Waals surface area contributed by atoms with Crippen molar-refractivity contribution in [3.05, 3.63) is 64.4 Å². The van der Waals surface area contributed by atoms with Crippen LogP contribution in [-0.4, -0.2) is 16.2 Å². The Labute approximate surface area is 160 Å². The Morgan fingerprint density at radius 2 is 1.88 bits per heavy atom. The highest BCUT2D eigenvalue weighted by Gasteiger charge is 2.16. The third kappa shape index (κ3) is 3.79. The molecule has 0 bridgehead atoms. The number of rotatable bonds is 4. The average molecular weight is 385 g/mol. The van der Waals surface area contributed by atoms with Gasteiger partial charge in [-0.2, -0.15) is 5.26 Å². The highest BCUT2D eigenvalue weighted by Crippen LogP contribution is 2.31. The van der Waals surface area contributed by atoms with E-state index in [1.807, 2.05) is 37.4 Å². The van der Waals surface area contributed by atoms with Gasteiger partial charge in [-0.1, -0.05) is 53.2 Å². The molecule has 0 aliphatic rings. The summed E-state index contributed by atoms with van der Waals surface area (Å²) in [4.78, 5) is 8.89. The van der Waals surface area contributed by atoms with Crippen molar-refractivity contribution in [3.8, 4) is 17.3 Å². The Morgan fingerprint density at radius 3 is 2.50 bits per heavy atom. The zero-order valence-corrected chi connectivity index (χ0v) is 15.6. The Balaban J connectivity index is 2.12. The summed E-state index contributed by atoms with van der Waals surface area (Å²) in [7, 11) is 0. The van der Waals surface area contributed by atoms with Crippen molar-refractivity contribution in [1.82, 2.24) is 9.97 Å². The van der Waals surface area contributed by atoms with Gasteiger partial charge in [0.05, 0.1) is 10.7 Å². The Bertz CT molecular complexity index is 1000. The maximum atomic E-state index is 13.4. The molecule has 0 unspecified atom stereocenters. The van der Waals surface area contributed by atoms with Crippen LogP contribution in [0.5, 0.6) is 0 Å². The number of nitrogens with one attached hydrogen (secondary N) is 1. The van der Waals surface area contributed by atoms with Crippen molar-refractivity contribution in [2.24, 2.45) is 0 Å². The molecule has 0 amide bonds. The minimum atomic E-state index is -0.509. The number of benzene rings is 2. The molecule has 0 saturated heterocycles. The standard InChI is InChI=1S/C19H14ClFN4S/c1-11-3-5-12(6-4-11)17-14(10-22)18(25-19(24-17)26-2)23-13-7-8-16(21)15(20)9-13/h3-9H,1-2H3,(H,23,24,25). The molecule has 2 aromatic carbocycles. The van der Waals surface area contributed by atoms with Crippen LogP contribution in [0, 0.1) is 24.1 Å². The van der Waals surface area contributed by atoms with E-state index in [2.05, 4.69) is 21.4 Å². The fourth-order valence-electron chi connectivity index (χ4n) is 2.36. The first-order valence-electron chi connectivity index (χ1n) is 7.67. The first-order valence-corrected chi connectivity index (χ1v) is 9.27. The van der Waals surface area contributed by atoms with Crippen LogP contribution >= 0.6 is 23.4 Å². The molecular weight excluding hydrogens is 371 g/mol. The van der Waals surface area contributed by atoms with Crippen LogP contribution in [0.2, 0.25) is 5.02 Å². The number of nitriles is 1. The SMILES string of the molecule is CSc1nc(Nc2ccc(F)c(Cl)c2)c(C#N)c(-c2ccc(C)cc2)n1. The fourth-order valence-corrected chi connectivity index (χ4v) is 2.90. The van der Waals surface area contributed by atoms with Crippen molar-refractivity contribution in [2.45, 2.75) is 12.1 Å². The molecule has 0 aliphatic carbocycles. The molecular formula is C19H14ClFN4S. The van der Waals surface area contributed by atoms with E-state index in [0.717, 1.165) is 11.1 Å². The molecule has 0 spiro atoms. The lowest BCUT2D eigenvalue weighted by Gasteiger charge is -2.12. The minimum Gasteiger partial charge on any atom is -0.339 e. The first-order chi connectivity index (χ1) is 12.5. The minimum absolute atomic E-state index is 0.00795. The fraction of sp³-hybridized carbons (Fsp3) is 0.105. The number of aryl methyl sites for hydroxylation is 1. The highest BCUT2D eigenvalue weighted by molar-refractivity contribution is 7.98. The number of hydrogen-bond acceptors (Lipinski definition) is 5. The van der Waals surface area contributed by atoms with Gasteiger partial charge in [-0.25, -0.2) is 14.4 Å². The van der Waals surface area contributed by atoms with Crippen LogP contribution in [0.3, 0.4) is 0 Å². The van der Waals surface area contributed by atoms with Crippen molar-refractivity contribution in [2.75, 3.05) is 11.6 Å². The smallest absolute Gasteiger partial charge is 0.189 e. The zero-order chi connectivity index (χ0) is 18.7. The van der Waals surface area contributed by atoms with Gasteiger partial charge in [-0.3, -0.25) is 0 Å². The molecule has 0 radical (unpaired) electrons. The second kappa shape index (κ2) is 7.73. The van der Waals surface area contributed by atoms with Gasteiger partial charge in [-0.05, 0) is 31.4 Å². The van der Waals surface area contributed by atoms with Crippen molar-refractivity contribution in [1.29, 1.82) is 5.26 Å². The molecule has 0 atom stereocenters. The van der Waals surface area contributed by atoms with E-state index in [1.54, 1.807) is 0 Å². The lowest BCUT2D eigenvalue weighted by molar-refractivity contribution is 0.628. The predicted octanol–water partition coefficient (Wildman–Crippen LogP) is 5.58. The number of halogens is 2. The highest BCUT2D eigenvalue weighted by atomic mass is 35.5. The number of hydrogen-bond donors (Lipinski definition) is 1. The third-order valence-corrected chi connectivity index (χ3v) is 4.53. The molecule has 0 aliphatic heterocycles. The van der Waals surface area contributed by atoms with Crippen LogP contribution in [0.1, 0.15) is 11.1 Å². The first kappa shape index (κ1) is 18.2. The summed E-state index contributed by atoms with van der Waals surface area (Å²) in [6.45, 7) is 1.99. The maximum Gasteiger partial charge on any atom is 0.189 e. The second-order valence-corrected chi connectivity index (χ2v) is 6.69. The quantitative estimate of drug-likeness (QED) is 0.469. The average Bonchev–Trinajstić information content (AvgIpc) is 2.64. The zero-order valence-electron chi connectivity index (χ0n) is 14.0. The molecule has 3 aromatic rings. The molecule has 26 heavy (non-hydrogen) atoms. The maximum absolute atomic E-state index is 13.4. The molecule has 1 N–H and O–H groups in total. The molecule has 7 heteroatoms. The summed E-state index contributed by atoms with van der Waals surface area (Å²) in [6, 6.07) is 14.2. The van der Waals surface area contributed by atoms with Crippen LogP contribution in [-0.2, 0) is 0 Å². The van der Waals surface area contributed by atoms with Crippen molar-refractivity contribution in [3.63, 3.8) is 0 Å². The van der Waals surface area contributed by atoms with Crippen LogP contribution in [0.25, 0.3) is 11.3 Å². The van der Waals surface area contributed by atoms with Gasteiger partial charge in [0.2, 0.25) is 0 Å². The van der Waals surface area contributed by atoms with E-state index in [-0.39, 0.29) is 5.02 Å². The van der Waals surface area contributed by atoms with E-state index < -0.39 is 5.82 Å². The largest absolute Gasteiger partial charge is 0.339 e. The summed E-state index contributed by atoms with van der Waals surface area (Å²) in [5.74, 6) is -0.157. The van der Waals surface area contributed by atoms with Crippen LogP contribution < -0.4 is 5.32 Å². The number of thioether (sulfide) groups is 1. The van der Waals surface area contributed by atoms with Gasteiger partial charge in [0.25, 0.3) is 0 Å². The monoisotopic (exact) mass is 384 g/mol. The molecule has 1 heterocycles. The van der Waals surface area contributed by atoms with Crippen molar-refractivity contribution >= 4 is 34.9 Å². The third-order valence-electron chi connectivity index (χ3n) is 3.69. The normalized spacial score (nSPS) is 10.4. The lowest BCUT2D eigenvalue weighted by atomic mass is 10.1. The molecule has 0 saturated carbocycles. The Kier molecular flexibility index (Phi) is 5.40. The Hall–Kier alpha value is -2.62. The van der Waals surface area contributed by atoms with E-state index in [9.17, 15) is 9.65 Å². The number of nitrogens with zero attached hydrogens (tertiary/aromatic N) is 3. The lowest BCUT2D eigenvalue weighted by Crippen LogP contribution is -2.03. The summed E-state index contributed by atoms with van der Waals surface area (Å²) in [6.07, 6.45) is 1.86. The topological polar surface area (TPSA) is 61.6 Å². The summed E-state index contributed by atoms with van der Waals surface area (Å²) in [5.41, 5.74) is 3.33. The summed E-state index contributed by atoms with van der Waals surface area (Å²) in [5, 5.41) is 13.3. The van der Waals surface area contributed by atoms with E-state index in [0.29, 0.717) is 27.9 Å². The van der Waals surface area contributed by atoms with Gasteiger partial charge in [0.15, 0.2) is 11.0 Å². The summed E-state index contributed by atoms with van der Waals surface area (Å²) >= 11 is 7.21. The molecule has 130 valence electrons. The molecule has 4 nitrogen and oxygen atoms in total. The van der Waals surface area contributed by atoms with Crippen molar-refractivity contribution < 1.29 is 4.39 Å². The number of aromatic nitrogens is 2.